The van der Waals surface area contributed by atoms with Crippen molar-refractivity contribution in [2.45, 2.75) is 29.3 Å². The van der Waals surface area contributed by atoms with Crippen molar-refractivity contribution in [2.24, 2.45) is 5.92 Å². The van der Waals surface area contributed by atoms with E-state index in [9.17, 15) is 31.2 Å². The molecule has 2 aliphatic rings. The van der Waals surface area contributed by atoms with Gasteiger partial charge in [-0.15, -0.1) is 0 Å². The minimum absolute atomic E-state index is 0.0290. The molecule has 1 saturated heterocycles. The Kier molecular flexibility index (Phi) is 5.32. The zero-order chi connectivity index (χ0) is 25.9. The highest BCUT2D eigenvalue weighted by atomic mass is 32.2. The Balaban J connectivity index is 1.53. The Morgan fingerprint density at radius 1 is 1.03 bits per heavy atom. The number of anilines is 4. The van der Waals surface area contributed by atoms with Crippen LogP contribution in [-0.4, -0.2) is 36.4 Å². The maximum Gasteiger partial charge on any atom is 0.501 e. The number of para-hydroxylation sites is 1. The van der Waals surface area contributed by atoms with Crippen LogP contribution in [0.2, 0.25) is 0 Å². The molecule has 1 aliphatic heterocycles. The van der Waals surface area contributed by atoms with E-state index < -0.39 is 37.7 Å². The average molecular weight is 517 g/mol. The number of amides is 3. The van der Waals surface area contributed by atoms with Crippen LogP contribution in [0, 0.1) is 5.92 Å². The van der Waals surface area contributed by atoms with E-state index in [-0.39, 0.29) is 11.6 Å². The van der Waals surface area contributed by atoms with E-state index in [1.165, 1.54) is 17.3 Å². The van der Waals surface area contributed by atoms with Gasteiger partial charge in [0, 0.05) is 11.9 Å². The number of urea groups is 1. The van der Waals surface area contributed by atoms with Gasteiger partial charge in [-0.2, -0.15) is 13.2 Å². The van der Waals surface area contributed by atoms with E-state index in [4.69, 9.17) is 0 Å². The standard InChI is InChI=1S/C24H19F3N4O4S/c1-15-13-23(15)21(32)30(17-7-9-18(10-8-17)36(34,35)24(25,26)27)22(33)31(23)20-11-12-28-14-19(20)29-16-5-3-2-4-6-16/h2-12,14-15,29H,13H2,1H3. The molecule has 186 valence electrons. The molecule has 1 saturated carbocycles. The van der Waals surface area contributed by atoms with Crippen molar-refractivity contribution in [3.63, 3.8) is 0 Å². The van der Waals surface area contributed by atoms with E-state index in [2.05, 4.69) is 10.3 Å². The van der Waals surface area contributed by atoms with E-state index in [1.54, 1.807) is 6.07 Å². The number of carbonyl (C=O) groups is 2. The maximum absolute atomic E-state index is 13.6. The predicted octanol–water partition coefficient (Wildman–Crippen LogP) is 4.87. The van der Waals surface area contributed by atoms with Crippen LogP contribution in [0.25, 0.3) is 0 Å². The Labute approximate surface area is 204 Å². The second kappa shape index (κ2) is 8.05. The van der Waals surface area contributed by atoms with Gasteiger partial charge in [0.15, 0.2) is 0 Å². The van der Waals surface area contributed by atoms with Crippen LogP contribution in [0.3, 0.4) is 0 Å². The molecule has 2 heterocycles. The molecule has 3 amide bonds. The van der Waals surface area contributed by atoms with Gasteiger partial charge in [-0.3, -0.25) is 14.7 Å². The number of halogens is 3. The number of sulfone groups is 1. The number of benzene rings is 2. The first-order valence-electron chi connectivity index (χ1n) is 10.8. The molecule has 2 fully saturated rings. The highest BCUT2D eigenvalue weighted by Gasteiger charge is 2.71. The number of hydrogen-bond acceptors (Lipinski definition) is 6. The van der Waals surface area contributed by atoms with Gasteiger partial charge in [0.25, 0.3) is 15.7 Å². The summed E-state index contributed by atoms with van der Waals surface area (Å²) in [4.78, 5) is 32.6. The molecule has 0 bridgehead atoms. The van der Waals surface area contributed by atoms with Gasteiger partial charge < -0.3 is 5.32 Å². The Bertz CT molecular complexity index is 1460. The van der Waals surface area contributed by atoms with Crippen LogP contribution >= 0.6 is 0 Å². The lowest BCUT2D eigenvalue weighted by Crippen LogP contribution is -2.39. The number of imide groups is 1. The fourth-order valence-electron chi connectivity index (χ4n) is 4.47. The van der Waals surface area contributed by atoms with Crippen molar-refractivity contribution in [3.05, 3.63) is 73.1 Å². The van der Waals surface area contributed by atoms with Crippen molar-refractivity contribution in [3.8, 4) is 0 Å². The number of rotatable bonds is 5. The minimum Gasteiger partial charge on any atom is -0.353 e. The number of nitrogens with one attached hydrogen (secondary N) is 1. The molecule has 1 N–H and O–H groups in total. The lowest BCUT2D eigenvalue weighted by Gasteiger charge is -2.25. The third-order valence-electron chi connectivity index (χ3n) is 6.43. The number of carbonyl (C=O) groups excluding carboxylic acids is 2. The molecule has 12 heteroatoms. The van der Waals surface area contributed by atoms with Crippen LogP contribution in [0.15, 0.2) is 78.0 Å². The number of pyridine rings is 1. The molecule has 1 spiro atoms. The number of nitrogens with zero attached hydrogens (tertiary/aromatic N) is 3. The fraction of sp³-hybridized carbons (Fsp3) is 0.208. The Hall–Kier alpha value is -3.93. The third-order valence-corrected chi connectivity index (χ3v) is 7.93. The largest absolute Gasteiger partial charge is 0.501 e. The zero-order valence-electron chi connectivity index (χ0n) is 18.7. The summed E-state index contributed by atoms with van der Waals surface area (Å²) in [7, 11) is -5.57. The molecule has 36 heavy (non-hydrogen) atoms. The van der Waals surface area contributed by atoms with Crippen LogP contribution in [-0.2, 0) is 14.6 Å². The first kappa shape index (κ1) is 23.8. The molecular weight excluding hydrogens is 497 g/mol. The second-order valence-electron chi connectivity index (χ2n) is 8.61. The van der Waals surface area contributed by atoms with E-state index >= 15 is 0 Å². The van der Waals surface area contributed by atoms with E-state index in [1.807, 2.05) is 37.3 Å². The average Bonchev–Trinajstić information content (AvgIpc) is 3.46. The highest BCUT2D eigenvalue weighted by molar-refractivity contribution is 7.92. The van der Waals surface area contributed by atoms with Crippen molar-refractivity contribution in [1.82, 2.24) is 4.98 Å². The van der Waals surface area contributed by atoms with Crippen LogP contribution in [0.1, 0.15) is 13.3 Å². The molecule has 5 rings (SSSR count). The predicted molar refractivity (Wildman–Crippen MR) is 126 cm³/mol. The molecule has 0 radical (unpaired) electrons. The number of alkyl halides is 3. The van der Waals surface area contributed by atoms with Gasteiger partial charge in [0.05, 0.1) is 28.2 Å². The van der Waals surface area contributed by atoms with E-state index in [0.29, 0.717) is 17.8 Å². The first-order chi connectivity index (χ1) is 17.0. The zero-order valence-corrected chi connectivity index (χ0v) is 19.5. The summed E-state index contributed by atoms with van der Waals surface area (Å²) in [6, 6.07) is 13.6. The molecular formula is C24H19F3N4O4S. The fourth-order valence-corrected chi connectivity index (χ4v) is 5.24. The summed E-state index contributed by atoms with van der Waals surface area (Å²) in [6.07, 6.45) is 3.41. The summed E-state index contributed by atoms with van der Waals surface area (Å²) in [5.74, 6) is -0.713. The quantitative estimate of drug-likeness (QED) is 0.486. The van der Waals surface area contributed by atoms with Gasteiger partial charge in [-0.25, -0.2) is 18.1 Å². The second-order valence-corrected chi connectivity index (χ2v) is 10.6. The number of hydrogen-bond donors (Lipinski definition) is 1. The molecule has 2 atom stereocenters. The molecule has 8 nitrogen and oxygen atoms in total. The molecule has 2 unspecified atom stereocenters. The van der Waals surface area contributed by atoms with Crippen LogP contribution in [0.5, 0.6) is 0 Å². The van der Waals surface area contributed by atoms with Gasteiger partial charge in [-0.1, -0.05) is 25.1 Å². The van der Waals surface area contributed by atoms with Crippen molar-refractivity contribution >= 4 is 44.5 Å². The molecule has 1 aromatic heterocycles. The summed E-state index contributed by atoms with van der Waals surface area (Å²) in [6.45, 7) is 1.83. The van der Waals surface area contributed by atoms with Crippen molar-refractivity contribution < 1.29 is 31.2 Å². The first-order valence-corrected chi connectivity index (χ1v) is 12.3. The minimum atomic E-state index is -5.57. The summed E-state index contributed by atoms with van der Waals surface area (Å²) >= 11 is 0. The van der Waals surface area contributed by atoms with Gasteiger partial charge in [0.2, 0.25) is 0 Å². The van der Waals surface area contributed by atoms with Gasteiger partial charge in [-0.05, 0) is 54.8 Å². The number of aromatic nitrogens is 1. The smallest absolute Gasteiger partial charge is 0.353 e. The monoisotopic (exact) mass is 516 g/mol. The Morgan fingerprint density at radius 2 is 1.67 bits per heavy atom. The summed E-state index contributed by atoms with van der Waals surface area (Å²) in [5, 5.41) is 3.20. The third kappa shape index (κ3) is 3.51. The van der Waals surface area contributed by atoms with Gasteiger partial charge in [0.1, 0.15) is 5.54 Å². The summed E-state index contributed by atoms with van der Waals surface area (Å²) in [5.41, 5.74) is -5.03. The van der Waals surface area contributed by atoms with Crippen LogP contribution in [0.4, 0.5) is 40.7 Å². The molecule has 1 aliphatic carbocycles. The lowest BCUT2D eigenvalue weighted by molar-refractivity contribution is -0.119. The van der Waals surface area contributed by atoms with Crippen LogP contribution < -0.4 is 15.1 Å². The molecule has 2 aromatic carbocycles. The van der Waals surface area contributed by atoms with E-state index in [0.717, 1.165) is 34.9 Å². The Morgan fingerprint density at radius 3 is 2.25 bits per heavy atom. The normalized spacial score (nSPS) is 21.8. The highest BCUT2D eigenvalue weighted by Crippen LogP contribution is 2.56. The topological polar surface area (TPSA) is 99.7 Å². The van der Waals surface area contributed by atoms with Crippen molar-refractivity contribution in [1.29, 1.82) is 0 Å². The SMILES string of the molecule is CC1CC12C(=O)N(c1ccc(S(=O)(=O)C(F)(F)F)cc1)C(=O)N2c1ccncc1Nc1ccccc1. The summed E-state index contributed by atoms with van der Waals surface area (Å²) < 4.78 is 62.1. The maximum atomic E-state index is 13.6. The molecule has 3 aromatic rings. The van der Waals surface area contributed by atoms with Gasteiger partial charge >= 0.3 is 11.5 Å². The van der Waals surface area contributed by atoms with Crippen molar-refractivity contribution in [2.75, 3.05) is 15.1 Å². The lowest BCUT2D eigenvalue weighted by atomic mass is 10.1.